The highest BCUT2D eigenvalue weighted by Crippen LogP contribution is 2.37. The predicted octanol–water partition coefficient (Wildman–Crippen LogP) is 5.41. The molecule has 70 heavy (non-hydrogen) atoms. The molecule has 2 unspecified atom stereocenters. The molecule has 364 valence electrons. The molecule has 11 rings (SSSR count). The number of fused-ring (bicyclic) bond motifs is 2. The lowest BCUT2D eigenvalue weighted by atomic mass is 9.92. The maximum absolute atomic E-state index is 13.8. The second-order valence-corrected chi connectivity index (χ2v) is 19.7. The molecule has 0 radical (unpaired) electrons. The van der Waals surface area contributed by atoms with Gasteiger partial charge in [0, 0.05) is 82.6 Å². The summed E-state index contributed by atoms with van der Waals surface area (Å²) in [5.41, 5.74) is 10.5. The minimum absolute atomic E-state index is 0.0935. The van der Waals surface area contributed by atoms with E-state index < -0.39 is 23.8 Å². The van der Waals surface area contributed by atoms with Crippen LogP contribution in [-0.4, -0.2) is 158 Å². The van der Waals surface area contributed by atoms with Gasteiger partial charge in [0.1, 0.15) is 35.4 Å². The number of hydrogen-bond donors (Lipinski definition) is 2. The Hall–Kier alpha value is -6.92. The highest BCUT2D eigenvalue weighted by atomic mass is 16.5. The normalized spacial score (nSPS) is 22.2. The zero-order valence-electron chi connectivity index (χ0n) is 39.5. The molecule has 2 atom stereocenters. The van der Waals surface area contributed by atoms with Crippen molar-refractivity contribution in [3.8, 4) is 22.8 Å². The molecule has 5 aromatic rings. The number of urea groups is 1. The second kappa shape index (κ2) is 19.5. The van der Waals surface area contributed by atoms with Gasteiger partial charge in [-0.2, -0.15) is 5.10 Å². The molecule has 0 aliphatic carbocycles. The van der Waals surface area contributed by atoms with Crippen LogP contribution in [0.4, 0.5) is 16.3 Å². The molecule has 18 nitrogen and oxygen atoms in total. The van der Waals surface area contributed by atoms with Gasteiger partial charge in [-0.05, 0) is 125 Å². The molecule has 5 fully saturated rings. The number of benzene rings is 3. The Labute approximate surface area is 406 Å². The summed E-state index contributed by atoms with van der Waals surface area (Å²) in [5.74, 6) is 0.556. The second-order valence-electron chi connectivity index (χ2n) is 19.7. The van der Waals surface area contributed by atoms with E-state index in [1.165, 1.54) is 6.33 Å². The average Bonchev–Trinajstić information content (AvgIpc) is 3.91. The highest BCUT2D eigenvalue weighted by Gasteiger charge is 2.45. The average molecular weight is 949 g/mol. The van der Waals surface area contributed by atoms with Crippen molar-refractivity contribution in [3.63, 3.8) is 0 Å². The van der Waals surface area contributed by atoms with Crippen LogP contribution in [-0.2, 0) is 9.59 Å². The molecule has 6 aliphatic heterocycles. The number of carbonyl (C=O) groups is 5. The van der Waals surface area contributed by atoms with Gasteiger partial charge in [0.15, 0.2) is 5.65 Å². The molecule has 2 aromatic heterocycles. The maximum Gasteiger partial charge on any atom is 0.320 e. The van der Waals surface area contributed by atoms with Crippen LogP contribution in [0.1, 0.15) is 84.5 Å². The van der Waals surface area contributed by atoms with Crippen LogP contribution in [0, 0.1) is 5.92 Å². The molecule has 3 N–H and O–H groups in total. The number of ether oxygens (including phenoxy) is 1. The van der Waals surface area contributed by atoms with E-state index in [0.717, 1.165) is 161 Å². The zero-order valence-corrected chi connectivity index (χ0v) is 39.5. The van der Waals surface area contributed by atoms with E-state index in [9.17, 15) is 24.0 Å². The van der Waals surface area contributed by atoms with Gasteiger partial charge in [0.25, 0.3) is 11.8 Å². The topological polar surface area (TPSA) is 196 Å². The predicted molar refractivity (Wildman–Crippen MR) is 262 cm³/mol. The van der Waals surface area contributed by atoms with E-state index in [2.05, 4.69) is 34.6 Å². The van der Waals surface area contributed by atoms with Gasteiger partial charge in [-0.25, -0.2) is 19.4 Å². The Morgan fingerprint density at radius 2 is 1.46 bits per heavy atom. The van der Waals surface area contributed by atoms with Crippen LogP contribution < -0.4 is 20.7 Å². The van der Waals surface area contributed by atoms with Gasteiger partial charge >= 0.3 is 6.03 Å². The Morgan fingerprint density at radius 3 is 2.21 bits per heavy atom. The third-order valence-electron chi connectivity index (χ3n) is 15.5. The number of likely N-dealkylation sites (tertiary alicyclic amines) is 2. The summed E-state index contributed by atoms with van der Waals surface area (Å²) >= 11 is 0. The van der Waals surface area contributed by atoms with Crippen molar-refractivity contribution >= 4 is 52.2 Å². The third-order valence-corrected chi connectivity index (χ3v) is 15.5. The van der Waals surface area contributed by atoms with E-state index in [1.807, 2.05) is 65.6 Å². The van der Waals surface area contributed by atoms with E-state index in [4.69, 9.17) is 20.6 Å². The molecule has 3 aromatic carbocycles. The Morgan fingerprint density at radius 1 is 0.729 bits per heavy atom. The van der Waals surface area contributed by atoms with Crippen LogP contribution >= 0.6 is 0 Å². The summed E-state index contributed by atoms with van der Waals surface area (Å²) < 4.78 is 8.11. The quantitative estimate of drug-likeness (QED) is 0.169. The summed E-state index contributed by atoms with van der Waals surface area (Å²) in [6.07, 6.45) is 8.86. The van der Waals surface area contributed by atoms with Crippen molar-refractivity contribution in [1.29, 1.82) is 0 Å². The number of piperazine rings is 1. The first-order valence-corrected chi connectivity index (χ1v) is 25.1. The van der Waals surface area contributed by atoms with Crippen molar-refractivity contribution in [2.45, 2.75) is 75.9 Å². The monoisotopic (exact) mass is 948 g/mol. The van der Waals surface area contributed by atoms with Crippen molar-refractivity contribution in [2.75, 3.05) is 82.6 Å². The van der Waals surface area contributed by atoms with Crippen LogP contribution in [0.2, 0.25) is 0 Å². The van der Waals surface area contributed by atoms with E-state index in [-0.39, 0.29) is 30.8 Å². The van der Waals surface area contributed by atoms with Crippen molar-refractivity contribution < 1.29 is 28.7 Å². The first kappa shape index (κ1) is 45.5. The molecule has 0 bridgehead atoms. The molecule has 5 saturated heterocycles. The standard InChI is InChI=1S/C52H60N12O6/c53-47-45-46(35-8-11-40(12-9-35)70-39-6-2-1-3-7-39)57-64(48(45)55-33-54-47)38-5-4-21-62(32-38)36-19-25-60(26-20-36)52(69)61-29-27-58(28-30-61)22-16-34-17-23-59(24-18-34)37-10-13-41-42(31-37)51(68)63(50(41)67)43-14-15-44(65)56-49(43)66/h1-3,6-13,31,33-34,36,38,43H,4-5,14-30,32H2,(H2,53,54,55)(H,56,65,66). The third kappa shape index (κ3) is 9.05. The first-order chi connectivity index (χ1) is 34.1. The SMILES string of the molecule is Nc1ncnc2c1c(-c1ccc(Oc3ccccc3)cc1)nn2C1CCCN(C2CCN(C(=O)N3CCN(CCC4CCN(c5ccc6c(c5)C(=O)N(C5CCC(=O)NC5=O)C6=O)CC4)CC3)CC2)C1. The molecule has 0 saturated carbocycles. The summed E-state index contributed by atoms with van der Waals surface area (Å²) in [6.45, 7) is 9.36. The van der Waals surface area contributed by atoms with Crippen LogP contribution in [0.3, 0.4) is 0 Å². The van der Waals surface area contributed by atoms with Crippen LogP contribution in [0.25, 0.3) is 22.3 Å². The lowest BCUT2D eigenvalue weighted by Crippen LogP contribution is -2.56. The van der Waals surface area contributed by atoms with Gasteiger partial charge in [-0.1, -0.05) is 18.2 Å². The van der Waals surface area contributed by atoms with E-state index >= 15 is 0 Å². The molecule has 18 heteroatoms. The number of amides is 6. The number of carbonyl (C=O) groups excluding carboxylic acids is 5. The Kier molecular flexibility index (Phi) is 12.7. The Balaban J connectivity index is 0.625. The largest absolute Gasteiger partial charge is 0.457 e. The number of aromatic nitrogens is 4. The number of para-hydroxylation sites is 1. The first-order valence-electron chi connectivity index (χ1n) is 25.1. The van der Waals surface area contributed by atoms with Gasteiger partial charge in [0.05, 0.1) is 22.6 Å². The van der Waals surface area contributed by atoms with Crippen molar-refractivity contribution in [3.05, 3.63) is 90.3 Å². The number of piperidine rings is 4. The summed E-state index contributed by atoms with van der Waals surface area (Å²) in [4.78, 5) is 86.1. The number of imide groups is 2. The summed E-state index contributed by atoms with van der Waals surface area (Å²) in [6, 6.07) is 22.7. The number of nitrogen functional groups attached to an aromatic ring is 1. The van der Waals surface area contributed by atoms with E-state index in [1.54, 1.807) is 12.1 Å². The fraction of sp³-hybridized carbons (Fsp3) is 0.462. The number of nitrogens with zero attached hydrogens (tertiary/aromatic N) is 10. The molecular weight excluding hydrogens is 889 g/mol. The minimum Gasteiger partial charge on any atom is -0.457 e. The van der Waals surface area contributed by atoms with Crippen LogP contribution in [0.5, 0.6) is 11.5 Å². The van der Waals surface area contributed by atoms with Crippen molar-refractivity contribution in [1.82, 2.24) is 49.6 Å². The molecule has 6 aliphatic rings. The lowest BCUT2D eigenvalue weighted by molar-refractivity contribution is -0.136. The number of rotatable bonds is 10. The van der Waals surface area contributed by atoms with Gasteiger partial charge in [-0.3, -0.25) is 39.2 Å². The molecule has 6 amide bonds. The summed E-state index contributed by atoms with van der Waals surface area (Å²) in [7, 11) is 0. The van der Waals surface area contributed by atoms with E-state index in [0.29, 0.717) is 28.9 Å². The lowest BCUT2D eigenvalue weighted by Gasteiger charge is -2.44. The minimum atomic E-state index is -0.972. The van der Waals surface area contributed by atoms with Gasteiger partial charge < -0.3 is 25.2 Å². The Bertz CT molecular complexity index is 2780. The summed E-state index contributed by atoms with van der Waals surface area (Å²) in [5, 5.41) is 8.20. The molecular formula is C52H60N12O6. The maximum atomic E-state index is 13.8. The zero-order chi connectivity index (χ0) is 47.9. The van der Waals surface area contributed by atoms with Gasteiger partial charge in [0.2, 0.25) is 11.8 Å². The van der Waals surface area contributed by atoms with Crippen LogP contribution in [0.15, 0.2) is 79.1 Å². The smallest absolute Gasteiger partial charge is 0.320 e. The van der Waals surface area contributed by atoms with Crippen molar-refractivity contribution in [2.24, 2.45) is 5.92 Å². The highest BCUT2D eigenvalue weighted by molar-refractivity contribution is 6.23. The number of nitrogens with one attached hydrogen (secondary N) is 1. The van der Waals surface area contributed by atoms with Gasteiger partial charge in [-0.15, -0.1) is 0 Å². The molecule has 0 spiro atoms. The molecule has 8 heterocycles. The number of anilines is 2. The fourth-order valence-electron chi connectivity index (χ4n) is 11.6. The fourth-order valence-corrected chi connectivity index (χ4v) is 11.6. The number of hydrogen-bond acceptors (Lipinski definition) is 13. The number of nitrogens with two attached hydrogens (primary N) is 1.